The van der Waals surface area contributed by atoms with E-state index in [1.165, 1.54) is 0 Å². The number of imidazole rings is 1. The maximum atomic E-state index is 5.55. The van der Waals surface area contributed by atoms with Crippen molar-refractivity contribution >= 4 is 11.3 Å². The molecule has 74 valence electrons. The molecule has 0 saturated heterocycles. The fourth-order valence-corrected chi connectivity index (χ4v) is 2.14. The summed E-state index contributed by atoms with van der Waals surface area (Å²) in [4.78, 5) is 8.85. The van der Waals surface area contributed by atoms with Gasteiger partial charge in [0, 0.05) is 12.2 Å². The molecule has 2 aromatic rings. The van der Waals surface area contributed by atoms with Gasteiger partial charge in [0.25, 0.3) is 0 Å². The molecule has 14 heavy (non-hydrogen) atoms. The van der Waals surface area contributed by atoms with E-state index in [2.05, 4.69) is 21.4 Å². The summed E-state index contributed by atoms with van der Waals surface area (Å²) >= 11 is 1.68. The highest BCUT2D eigenvalue weighted by molar-refractivity contribution is 7.13. The zero-order chi connectivity index (χ0) is 10.1. The number of thiophene rings is 1. The molecule has 3 N–H and O–H groups in total. The van der Waals surface area contributed by atoms with E-state index >= 15 is 0 Å². The molecule has 0 aliphatic rings. The molecule has 0 saturated carbocycles. The molecule has 2 aromatic heterocycles. The normalized spacial score (nSPS) is 10.8. The van der Waals surface area contributed by atoms with E-state index in [1.807, 2.05) is 13.8 Å². The highest BCUT2D eigenvalue weighted by Gasteiger charge is 2.07. The lowest BCUT2D eigenvalue weighted by atomic mass is 10.3. The minimum absolute atomic E-state index is 0.592. The van der Waals surface area contributed by atoms with Crippen molar-refractivity contribution in [1.29, 1.82) is 0 Å². The van der Waals surface area contributed by atoms with Gasteiger partial charge in [-0.15, -0.1) is 11.3 Å². The molecular weight excluding hydrogens is 194 g/mol. The Morgan fingerprint density at radius 3 is 2.79 bits per heavy atom. The molecule has 0 fully saturated rings. The highest BCUT2D eigenvalue weighted by atomic mass is 32.1. The molecule has 3 nitrogen and oxygen atoms in total. The summed E-state index contributed by atoms with van der Waals surface area (Å²) in [5, 5.41) is 2.07. The van der Waals surface area contributed by atoms with Crippen LogP contribution in [-0.4, -0.2) is 9.97 Å². The average molecular weight is 207 g/mol. The smallest absolute Gasteiger partial charge is 0.147 e. The van der Waals surface area contributed by atoms with Gasteiger partial charge in [0.1, 0.15) is 5.82 Å². The quantitative estimate of drug-likeness (QED) is 0.793. The number of aromatic amines is 1. The van der Waals surface area contributed by atoms with Crippen molar-refractivity contribution in [2.45, 2.75) is 20.4 Å². The van der Waals surface area contributed by atoms with Gasteiger partial charge in [-0.25, -0.2) is 4.98 Å². The van der Waals surface area contributed by atoms with Gasteiger partial charge in [-0.05, 0) is 30.9 Å². The highest BCUT2D eigenvalue weighted by Crippen LogP contribution is 2.25. The van der Waals surface area contributed by atoms with E-state index < -0.39 is 0 Å². The first-order valence-corrected chi connectivity index (χ1v) is 5.39. The SMILES string of the molecule is Cc1nc(-c2cc(CN)cs2)[nH]c1C. The largest absolute Gasteiger partial charge is 0.341 e. The molecule has 0 aromatic carbocycles. The van der Waals surface area contributed by atoms with E-state index in [0.717, 1.165) is 27.7 Å². The fraction of sp³-hybridized carbons (Fsp3) is 0.300. The van der Waals surface area contributed by atoms with E-state index in [-0.39, 0.29) is 0 Å². The summed E-state index contributed by atoms with van der Waals surface area (Å²) in [5.74, 6) is 0.949. The molecular formula is C10H13N3S. The van der Waals surface area contributed by atoms with Gasteiger partial charge in [-0.2, -0.15) is 0 Å². The van der Waals surface area contributed by atoms with Crippen LogP contribution in [0, 0.1) is 13.8 Å². The number of hydrogen-bond acceptors (Lipinski definition) is 3. The maximum absolute atomic E-state index is 5.55. The van der Waals surface area contributed by atoms with E-state index in [1.54, 1.807) is 11.3 Å². The Kier molecular flexibility index (Phi) is 2.39. The van der Waals surface area contributed by atoms with Crippen molar-refractivity contribution in [2.75, 3.05) is 0 Å². The number of H-pyrrole nitrogens is 1. The van der Waals surface area contributed by atoms with Crippen molar-refractivity contribution in [2.24, 2.45) is 5.73 Å². The third kappa shape index (κ3) is 1.58. The van der Waals surface area contributed by atoms with Gasteiger partial charge < -0.3 is 10.7 Å². The lowest BCUT2D eigenvalue weighted by Crippen LogP contribution is -1.92. The van der Waals surface area contributed by atoms with Crippen molar-refractivity contribution in [3.63, 3.8) is 0 Å². The Morgan fingerprint density at radius 2 is 2.29 bits per heavy atom. The second-order valence-corrected chi connectivity index (χ2v) is 4.23. The number of nitrogens with zero attached hydrogens (tertiary/aromatic N) is 1. The van der Waals surface area contributed by atoms with Gasteiger partial charge in [-0.3, -0.25) is 0 Å². The lowest BCUT2D eigenvalue weighted by molar-refractivity contribution is 1.08. The van der Waals surface area contributed by atoms with Crippen LogP contribution in [0.4, 0.5) is 0 Å². The van der Waals surface area contributed by atoms with Crippen LogP contribution in [0.3, 0.4) is 0 Å². The van der Waals surface area contributed by atoms with Gasteiger partial charge in [0.2, 0.25) is 0 Å². The molecule has 0 aliphatic carbocycles. The number of nitrogens with one attached hydrogen (secondary N) is 1. The molecule has 2 rings (SSSR count). The van der Waals surface area contributed by atoms with Crippen LogP contribution in [0.5, 0.6) is 0 Å². The van der Waals surface area contributed by atoms with Crippen LogP contribution in [-0.2, 0) is 6.54 Å². The third-order valence-corrected chi connectivity index (χ3v) is 3.24. The third-order valence-electron chi connectivity index (χ3n) is 2.25. The number of rotatable bonds is 2. The summed E-state index contributed by atoms with van der Waals surface area (Å²) in [7, 11) is 0. The van der Waals surface area contributed by atoms with Gasteiger partial charge in [-0.1, -0.05) is 0 Å². The second kappa shape index (κ2) is 3.55. The van der Waals surface area contributed by atoms with Crippen LogP contribution in [0.25, 0.3) is 10.7 Å². The molecule has 2 heterocycles. The number of aromatic nitrogens is 2. The van der Waals surface area contributed by atoms with Gasteiger partial charge >= 0.3 is 0 Å². The number of nitrogens with two attached hydrogens (primary N) is 1. The zero-order valence-electron chi connectivity index (χ0n) is 8.29. The zero-order valence-corrected chi connectivity index (χ0v) is 9.11. The fourth-order valence-electron chi connectivity index (χ4n) is 1.27. The van der Waals surface area contributed by atoms with E-state index in [9.17, 15) is 0 Å². The standard InChI is InChI=1S/C10H13N3S/c1-6-7(2)13-10(12-6)9-3-8(4-11)5-14-9/h3,5H,4,11H2,1-2H3,(H,12,13). The Morgan fingerprint density at radius 1 is 1.50 bits per heavy atom. The maximum Gasteiger partial charge on any atom is 0.147 e. The van der Waals surface area contributed by atoms with Gasteiger partial charge in [0.15, 0.2) is 0 Å². The van der Waals surface area contributed by atoms with Crippen molar-refractivity contribution in [1.82, 2.24) is 9.97 Å². The first-order valence-electron chi connectivity index (χ1n) is 4.51. The molecule has 0 unspecified atom stereocenters. The summed E-state index contributed by atoms with van der Waals surface area (Å²) in [6, 6.07) is 2.09. The van der Waals surface area contributed by atoms with Crippen molar-refractivity contribution in [3.8, 4) is 10.7 Å². The first kappa shape index (κ1) is 9.43. The van der Waals surface area contributed by atoms with E-state index in [0.29, 0.717) is 6.54 Å². The predicted molar refractivity (Wildman–Crippen MR) is 59.3 cm³/mol. The molecule has 0 radical (unpaired) electrons. The summed E-state index contributed by atoms with van der Waals surface area (Å²) in [5.41, 5.74) is 8.90. The minimum Gasteiger partial charge on any atom is -0.341 e. The van der Waals surface area contributed by atoms with Crippen molar-refractivity contribution in [3.05, 3.63) is 28.4 Å². The summed E-state index contributed by atoms with van der Waals surface area (Å²) in [6.07, 6.45) is 0. The number of aryl methyl sites for hydroxylation is 2. The Labute approximate surface area is 87.0 Å². The summed E-state index contributed by atoms with van der Waals surface area (Å²) < 4.78 is 0. The van der Waals surface area contributed by atoms with Crippen LogP contribution >= 0.6 is 11.3 Å². The van der Waals surface area contributed by atoms with Crippen LogP contribution in [0.15, 0.2) is 11.4 Å². The Bertz CT molecular complexity index is 422. The van der Waals surface area contributed by atoms with Gasteiger partial charge in [0.05, 0.1) is 10.6 Å². The lowest BCUT2D eigenvalue weighted by Gasteiger charge is -1.88. The Hall–Kier alpha value is -1.13. The average Bonchev–Trinajstić information content (AvgIpc) is 2.74. The van der Waals surface area contributed by atoms with Crippen LogP contribution < -0.4 is 5.73 Å². The second-order valence-electron chi connectivity index (χ2n) is 3.32. The first-order chi connectivity index (χ1) is 6.70. The number of hydrogen-bond donors (Lipinski definition) is 2. The monoisotopic (exact) mass is 207 g/mol. The minimum atomic E-state index is 0.592. The predicted octanol–water partition coefficient (Wildman–Crippen LogP) is 2.21. The van der Waals surface area contributed by atoms with Crippen LogP contribution in [0.1, 0.15) is 17.0 Å². The van der Waals surface area contributed by atoms with Crippen LogP contribution in [0.2, 0.25) is 0 Å². The molecule has 0 bridgehead atoms. The molecule has 0 spiro atoms. The molecule has 0 amide bonds. The summed E-state index contributed by atoms with van der Waals surface area (Å²) in [6.45, 7) is 4.63. The molecule has 0 atom stereocenters. The van der Waals surface area contributed by atoms with E-state index in [4.69, 9.17) is 5.73 Å². The molecule has 4 heteroatoms. The van der Waals surface area contributed by atoms with Crippen molar-refractivity contribution < 1.29 is 0 Å². The molecule has 0 aliphatic heterocycles. The Balaban J connectivity index is 2.39. The topological polar surface area (TPSA) is 54.7 Å².